The number of piperidine rings is 1. The van der Waals surface area contributed by atoms with E-state index in [1.807, 2.05) is 60.7 Å². The van der Waals surface area contributed by atoms with E-state index >= 15 is 0 Å². The number of unbranched alkanes of at least 4 members (excludes halogenated alkanes) is 2. The maximum Gasteiger partial charge on any atom is 0.185 e. The van der Waals surface area contributed by atoms with Gasteiger partial charge in [-0.2, -0.15) is 0 Å². The number of ketones is 1. The summed E-state index contributed by atoms with van der Waals surface area (Å²) in [6.45, 7) is 6.90. The molecular weight excluding hydrogens is 358 g/mol. The fraction of sp³-hybridized carbons (Fsp3) is 0.423. The van der Waals surface area contributed by atoms with Crippen LogP contribution in [0.3, 0.4) is 0 Å². The number of carbonyl (C=O) groups excluding carboxylic acids is 1. The maximum atomic E-state index is 12.1. The van der Waals surface area contributed by atoms with E-state index in [0.717, 1.165) is 30.3 Å². The summed E-state index contributed by atoms with van der Waals surface area (Å²) in [5, 5.41) is 0. The lowest BCUT2D eigenvalue weighted by Gasteiger charge is -2.30. The highest BCUT2D eigenvalue weighted by Crippen LogP contribution is 2.17. The molecule has 0 N–H and O–H groups in total. The lowest BCUT2D eigenvalue weighted by atomic mass is 9.99. The maximum absolute atomic E-state index is 12.1. The number of allylic oxidation sites excluding steroid dienone is 1. The lowest BCUT2D eigenvalue weighted by Crippen LogP contribution is -2.33. The first-order valence-corrected chi connectivity index (χ1v) is 10.9. The lowest BCUT2D eigenvalue weighted by molar-refractivity contribution is 0.104. The molecule has 1 heterocycles. The van der Waals surface area contributed by atoms with Crippen LogP contribution < -0.4 is 4.74 Å². The van der Waals surface area contributed by atoms with E-state index < -0.39 is 0 Å². The number of hydrogen-bond acceptors (Lipinski definition) is 3. The fourth-order valence-corrected chi connectivity index (χ4v) is 3.64. The summed E-state index contributed by atoms with van der Waals surface area (Å²) in [4.78, 5) is 14.7. The predicted molar refractivity (Wildman–Crippen MR) is 120 cm³/mol. The molecule has 1 saturated heterocycles. The van der Waals surface area contributed by atoms with Crippen LogP contribution in [-0.2, 0) is 0 Å². The second kappa shape index (κ2) is 11.6. The van der Waals surface area contributed by atoms with Gasteiger partial charge in [0.2, 0.25) is 0 Å². The van der Waals surface area contributed by atoms with Gasteiger partial charge in [0.1, 0.15) is 5.75 Å². The van der Waals surface area contributed by atoms with Gasteiger partial charge in [0.05, 0.1) is 6.61 Å². The molecule has 0 saturated carbocycles. The van der Waals surface area contributed by atoms with Gasteiger partial charge in [-0.3, -0.25) is 4.79 Å². The molecule has 0 bridgehead atoms. The highest BCUT2D eigenvalue weighted by atomic mass is 16.5. The van der Waals surface area contributed by atoms with Crippen molar-refractivity contribution in [2.24, 2.45) is 5.92 Å². The van der Waals surface area contributed by atoms with Crippen molar-refractivity contribution in [3.8, 4) is 5.75 Å². The number of carbonyl (C=O) groups is 1. The van der Waals surface area contributed by atoms with Crippen LogP contribution in [0.15, 0.2) is 60.7 Å². The first-order valence-electron chi connectivity index (χ1n) is 10.9. The molecule has 2 aromatic carbocycles. The molecule has 29 heavy (non-hydrogen) atoms. The molecule has 3 nitrogen and oxygen atoms in total. The molecule has 0 aromatic heterocycles. The van der Waals surface area contributed by atoms with E-state index in [-0.39, 0.29) is 5.78 Å². The van der Waals surface area contributed by atoms with Crippen molar-refractivity contribution in [2.45, 2.75) is 39.0 Å². The molecule has 2 aromatic rings. The minimum Gasteiger partial charge on any atom is -0.494 e. The normalized spacial score (nSPS) is 15.6. The summed E-state index contributed by atoms with van der Waals surface area (Å²) in [6.07, 6.45) is 9.75. The summed E-state index contributed by atoms with van der Waals surface area (Å²) in [5.41, 5.74) is 1.70. The largest absolute Gasteiger partial charge is 0.494 e. The Bertz CT molecular complexity index is 759. The van der Waals surface area contributed by atoms with Gasteiger partial charge in [-0.15, -0.1) is 0 Å². The smallest absolute Gasteiger partial charge is 0.185 e. The molecule has 0 radical (unpaired) electrons. The zero-order chi connectivity index (χ0) is 20.3. The highest BCUT2D eigenvalue weighted by Gasteiger charge is 2.14. The van der Waals surface area contributed by atoms with E-state index in [2.05, 4.69) is 11.8 Å². The van der Waals surface area contributed by atoms with Gasteiger partial charge >= 0.3 is 0 Å². The van der Waals surface area contributed by atoms with Gasteiger partial charge in [0.25, 0.3) is 0 Å². The van der Waals surface area contributed by atoms with E-state index in [9.17, 15) is 4.79 Å². The average molecular weight is 392 g/mol. The Morgan fingerprint density at radius 3 is 2.45 bits per heavy atom. The number of ether oxygens (including phenoxy) is 1. The number of rotatable bonds is 10. The summed E-state index contributed by atoms with van der Waals surface area (Å²) in [5.74, 6) is 1.82. The van der Waals surface area contributed by atoms with Crippen LogP contribution >= 0.6 is 0 Å². The van der Waals surface area contributed by atoms with Crippen molar-refractivity contribution in [3.63, 3.8) is 0 Å². The van der Waals surface area contributed by atoms with Crippen LogP contribution in [0.5, 0.6) is 5.75 Å². The number of nitrogens with zero attached hydrogens (tertiary/aromatic N) is 1. The van der Waals surface area contributed by atoms with Gasteiger partial charge in [0.15, 0.2) is 5.78 Å². The fourth-order valence-electron chi connectivity index (χ4n) is 3.64. The van der Waals surface area contributed by atoms with E-state index in [0.29, 0.717) is 5.56 Å². The van der Waals surface area contributed by atoms with Gasteiger partial charge in [-0.05, 0) is 81.4 Å². The van der Waals surface area contributed by atoms with E-state index in [4.69, 9.17) is 4.74 Å². The highest BCUT2D eigenvalue weighted by molar-refractivity contribution is 6.06. The minimum absolute atomic E-state index is 0.0185. The Morgan fingerprint density at radius 1 is 1.00 bits per heavy atom. The van der Waals surface area contributed by atoms with Crippen LogP contribution in [0, 0.1) is 5.92 Å². The first-order chi connectivity index (χ1) is 14.2. The number of likely N-dealkylation sites (tertiary alicyclic amines) is 1. The zero-order valence-electron chi connectivity index (χ0n) is 17.6. The molecule has 1 aliphatic rings. The summed E-state index contributed by atoms with van der Waals surface area (Å²) >= 11 is 0. The van der Waals surface area contributed by atoms with Crippen LogP contribution in [-0.4, -0.2) is 36.9 Å². The molecule has 1 aliphatic heterocycles. The molecule has 0 spiro atoms. The van der Waals surface area contributed by atoms with Crippen molar-refractivity contribution in [2.75, 3.05) is 26.2 Å². The van der Waals surface area contributed by atoms with Gasteiger partial charge < -0.3 is 9.64 Å². The number of hydrogen-bond donors (Lipinski definition) is 0. The van der Waals surface area contributed by atoms with Gasteiger partial charge in [0, 0.05) is 5.56 Å². The van der Waals surface area contributed by atoms with Crippen LogP contribution in [0.2, 0.25) is 0 Å². The zero-order valence-corrected chi connectivity index (χ0v) is 17.6. The van der Waals surface area contributed by atoms with E-state index in [1.165, 1.54) is 45.3 Å². The molecule has 0 aliphatic carbocycles. The summed E-state index contributed by atoms with van der Waals surface area (Å²) in [7, 11) is 0. The second-order valence-electron chi connectivity index (χ2n) is 8.07. The second-order valence-corrected chi connectivity index (χ2v) is 8.07. The summed E-state index contributed by atoms with van der Waals surface area (Å²) in [6, 6.07) is 17.2. The van der Waals surface area contributed by atoms with Crippen molar-refractivity contribution in [1.82, 2.24) is 4.90 Å². The number of benzene rings is 2. The Labute approximate surface area is 175 Å². The minimum atomic E-state index is 0.0185. The standard InChI is InChI=1S/C26H33NO2/c1-22-16-19-27(20-17-22)18-6-3-7-21-29-25-13-10-23(11-14-25)12-15-26(28)24-8-4-2-5-9-24/h2,4-5,8-15,22H,3,6-7,16-21H2,1H3/b15-12+. The van der Waals surface area contributed by atoms with Crippen LogP contribution in [0.1, 0.15) is 54.9 Å². The molecule has 1 fully saturated rings. The molecule has 3 heteroatoms. The topological polar surface area (TPSA) is 29.5 Å². The molecule has 3 rings (SSSR count). The Hall–Kier alpha value is -2.39. The van der Waals surface area contributed by atoms with Crippen LogP contribution in [0.25, 0.3) is 6.08 Å². The predicted octanol–water partition coefficient (Wildman–Crippen LogP) is 5.86. The quantitative estimate of drug-likeness (QED) is 0.288. The molecule has 0 amide bonds. The third kappa shape index (κ3) is 7.51. The monoisotopic (exact) mass is 391 g/mol. The van der Waals surface area contributed by atoms with Crippen molar-refractivity contribution in [3.05, 3.63) is 71.8 Å². The van der Waals surface area contributed by atoms with Gasteiger partial charge in [-0.1, -0.05) is 55.5 Å². The van der Waals surface area contributed by atoms with E-state index in [1.54, 1.807) is 6.08 Å². The third-order valence-corrected chi connectivity index (χ3v) is 5.63. The Kier molecular flexibility index (Phi) is 8.51. The first kappa shape index (κ1) is 21.3. The molecule has 0 unspecified atom stereocenters. The SMILES string of the molecule is CC1CCN(CCCCCOc2ccc(/C=C/C(=O)c3ccccc3)cc2)CC1. The third-order valence-electron chi connectivity index (χ3n) is 5.63. The Morgan fingerprint density at radius 2 is 1.72 bits per heavy atom. The molecule has 0 atom stereocenters. The van der Waals surface area contributed by atoms with Crippen molar-refractivity contribution in [1.29, 1.82) is 0 Å². The molecular formula is C26H33NO2. The van der Waals surface area contributed by atoms with Gasteiger partial charge in [-0.25, -0.2) is 0 Å². The summed E-state index contributed by atoms with van der Waals surface area (Å²) < 4.78 is 5.86. The van der Waals surface area contributed by atoms with Crippen molar-refractivity contribution >= 4 is 11.9 Å². The van der Waals surface area contributed by atoms with Crippen LogP contribution in [0.4, 0.5) is 0 Å². The molecule has 154 valence electrons. The van der Waals surface area contributed by atoms with Crippen molar-refractivity contribution < 1.29 is 9.53 Å². The average Bonchev–Trinajstić information content (AvgIpc) is 2.77. The Balaban J connectivity index is 1.31.